The normalized spacial score (nSPS) is 22.7. The largest absolute Gasteiger partial charge is 0.305 e. The summed E-state index contributed by atoms with van der Waals surface area (Å²) >= 11 is 6.03. The summed E-state index contributed by atoms with van der Waals surface area (Å²) in [5.74, 6) is -0.226. The SMILES string of the molecule is CCCC1(C(=O)Cc2cc(F)ccc2Cl)CCCN1. The Hall–Kier alpha value is -0.930. The molecule has 4 heteroatoms. The van der Waals surface area contributed by atoms with E-state index in [0.717, 1.165) is 32.2 Å². The molecule has 1 aliphatic heterocycles. The molecule has 1 unspecified atom stereocenters. The maximum Gasteiger partial charge on any atom is 0.157 e. The minimum atomic E-state index is -0.426. The summed E-state index contributed by atoms with van der Waals surface area (Å²) in [5.41, 5.74) is 0.153. The van der Waals surface area contributed by atoms with Crippen LogP contribution < -0.4 is 5.32 Å². The van der Waals surface area contributed by atoms with E-state index in [1.54, 1.807) is 0 Å². The number of rotatable bonds is 5. The van der Waals surface area contributed by atoms with Crippen molar-refractivity contribution in [1.29, 1.82) is 0 Å². The zero-order valence-electron chi connectivity index (χ0n) is 11.1. The van der Waals surface area contributed by atoms with Gasteiger partial charge in [-0.15, -0.1) is 0 Å². The van der Waals surface area contributed by atoms with Gasteiger partial charge in [-0.25, -0.2) is 4.39 Å². The van der Waals surface area contributed by atoms with Crippen LogP contribution in [0.25, 0.3) is 0 Å². The third-order valence-corrected chi connectivity index (χ3v) is 4.18. The maximum atomic E-state index is 13.2. The lowest BCUT2D eigenvalue weighted by Crippen LogP contribution is -2.48. The number of Topliss-reactive ketones (excluding diaryl/α,β-unsaturated/α-hetero) is 1. The lowest BCUT2D eigenvalue weighted by atomic mass is 9.84. The summed E-state index contributed by atoms with van der Waals surface area (Å²) in [5, 5.41) is 3.80. The summed E-state index contributed by atoms with van der Waals surface area (Å²) in [6.07, 6.45) is 3.87. The Kier molecular flexibility index (Phi) is 4.58. The van der Waals surface area contributed by atoms with Crippen molar-refractivity contribution in [3.8, 4) is 0 Å². The molecule has 2 nitrogen and oxygen atoms in total. The highest BCUT2D eigenvalue weighted by Gasteiger charge is 2.39. The summed E-state index contributed by atoms with van der Waals surface area (Å²) in [4.78, 5) is 12.5. The third-order valence-electron chi connectivity index (χ3n) is 3.81. The van der Waals surface area contributed by atoms with Crippen molar-refractivity contribution in [2.45, 2.75) is 44.6 Å². The van der Waals surface area contributed by atoms with E-state index in [-0.39, 0.29) is 18.0 Å². The number of benzene rings is 1. The van der Waals surface area contributed by atoms with Gasteiger partial charge >= 0.3 is 0 Å². The van der Waals surface area contributed by atoms with Crippen LogP contribution in [-0.4, -0.2) is 17.9 Å². The summed E-state index contributed by atoms with van der Waals surface area (Å²) in [7, 11) is 0. The zero-order chi connectivity index (χ0) is 13.9. The Morgan fingerprint density at radius 1 is 1.53 bits per heavy atom. The van der Waals surface area contributed by atoms with E-state index < -0.39 is 5.54 Å². The van der Waals surface area contributed by atoms with Gasteiger partial charge in [-0.1, -0.05) is 24.9 Å². The lowest BCUT2D eigenvalue weighted by molar-refractivity contribution is -0.124. The molecule has 0 amide bonds. The second kappa shape index (κ2) is 6.02. The molecule has 0 saturated carbocycles. The van der Waals surface area contributed by atoms with Crippen molar-refractivity contribution in [3.63, 3.8) is 0 Å². The van der Waals surface area contributed by atoms with Gasteiger partial charge < -0.3 is 5.32 Å². The molecular weight excluding hydrogens is 265 g/mol. The van der Waals surface area contributed by atoms with Gasteiger partial charge in [0.1, 0.15) is 5.82 Å². The molecule has 0 radical (unpaired) electrons. The van der Waals surface area contributed by atoms with Crippen molar-refractivity contribution in [1.82, 2.24) is 5.32 Å². The van der Waals surface area contributed by atoms with Gasteiger partial charge in [0, 0.05) is 11.4 Å². The van der Waals surface area contributed by atoms with Gasteiger partial charge in [0.25, 0.3) is 0 Å². The molecule has 1 aromatic rings. The molecule has 1 heterocycles. The first kappa shape index (κ1) is 14.5. The second-order valence-corrected chi connectivity index (χ2v) is 5.61. The van der Waals surface area contributed by atoms with Crippen LogP contribution in [0.3, 0.4) is 0 Å². The molecule has 19 heavy (non-hydrogen) atoms. The number of ketones is 1. The molecule has 1 N–H and O–H groups in total. The molecular formula is C15H19ClFNO. The average molecular weight is 284 g/mol. The average Bonchev–Trinajstić information content (AvgIpc) is 2.84. The Morgan fingerprint density at radius 2 is 2.32 bits per heavy atom. The van der Waals surface area contributed by atoms with Crippen LogP contribution in [0, 0.1) is 5.82 Å². The topological polar surface area (TPSA) is 29.1 Å². The Morgan fingerprint density at radius 3 is 2.95 bits per heavy atom. The number of hydrogen-bond donors (Lipinski definition) is 1. The van der Waals surface area contributed by atoms with E-state index in [2.05, 4.69) is 12.2 Å². The molecule has 1 saturated heterocycles. The van der Waals surface area contributed by atoms with Crippen LogP contribution in [0.4, 0.5) is 4.39 Å². The first-order valence-electron chi connectivity index (χ1n) is 6.79. The highest BCUT2D eigenvalue weighted by atomic mass is 35.5. The molecule has 1 fully saturated rings. The molecule has 1 aromatic carbocycles. The van der Waals surface area contributed by atoms with E-state index in [9.17, 15) is 9.18 Å². The second-order valence-electron chi connectivity index (χ2n) is 5.20. The monoisotopic (exact) mass is 283 g/mol. The highest BCUT2D eigenvalue weighted by Crippen LogP contribution is 2.28. The minimum absolute atomic E-state index is 0.124. The summed E-state index contributed by atoms with van der Waals surface area (Å²) in [6, 6.07) is 4.18. The number of carbonyl (C=O) groups is 1. The van der Waals surface area contributed by atoms with Crippen LogP contribution in [0.1, 0.15) is 38.2 Å². The zero-order valence-corrected chi connectivity index (χ0v) is 11.9. The fraction of sp³-hybridized carbons (Fsp3) is 0.533. The number of nitrogens with one attached hydrogen (secondary N) is 1. The molecule has 104 valence electrons. The fourth-order valence-electron chi connectivity index (χ4n) is 2.84. The minimum Gasteiger partial charge on any atom is -0.305 e. The third kappa shape index (κ3) is 3.15. The molecule has 0 aromatic heterocycles. The predicted molar refractivity (Wildman–Crippen MR) is 75.0 cm³/mol. The summed E-state index contributed by atoms with van der Waals surface area (Å²) in [6.45, 7) is 2.95. The van der Waals surface area contributed by atoms with Crippen molar-refractivity contribution >= 4 is 17.4 Å². The van der Waals surface area contributed by atoms with Crippen LogP contribution in [0.15, 0.2) is 18.2 Å². The maximum absolute atomic E-state index is 13.2. The molecule has 2 rings (SSSR count). The van der Waals surface area contributed by atoms with E-state index in [4.69, 9.17) is 11.6 Å². The molecule has 0 aliphatic carbocycles. The van der Waals surface area contributed by atoms with E-state index in [1.165, 1.54) is 18.2 Å². The molecule has 0 spiro atoms. The Bertz CT molecular complexity index is 469. The summed E-state index contributed by atoms with van der Waals surface area (Å²) < 4.78 is 13.2. The Balaban J connectivity index is 2.17. The van der Waals surface area contributed by atoms with Gasteiger partial charge in [-0.2, -0.15) is 0 Å². The van der Waals surface area contributed by atoms with Gasteiger partial charge in [-0.05, 0) is 49.6 Å². The van der Waals surface area contributed by atoms with Gasteiger partial charge in [-0.3, -0.25) is 4.79 Å². The quantitative estimate of drug-likeness (QED) is 0.896. The smallest absolute Gasteiger partial charge is 0.157 e. The molecule has 1 aliphatic rings. The predicted octanol–water partition coefficient (Wildman–Crippen LogP) is 3.51. The lowest BCUT2D eigenvalue weighted by Gasteiger charge is -2.27. The Labute approximate surface area is 118 Å². The van der Waals surface area contributed by atoms with E-state index >= 15 is 0 Å². The number of carbonyl (C=O) groups excluding carboxylic acids is 1. The fourth-order valence-corrected chi connectivity index (χ4v) is 3.03. The van der Waals surface area contributed by atoms with Crippen LogP contribution in [-0.2, 0) is 11.2 Å². The van der Waals surface area contributed by atoms with Crippen molar-refractivity contribution in [2.75, 3.05) is 6.54 Å². The van der Waals surface area contributed by atoms with Crippen molar-refractivity contribution in [3.05, 3.63) is 34.6 Å². The first-order chi connectivity index (χ1) is 9.07. The van der Waals surface area contributed by atoms with Crippen molar-refractivity contribution < 1.29 is 9.18 Å². The molecule has 1 atom stereocenters. The number of halogens is 2. The van der Waals surface area contributed by atoms with Gasteiger partial charge in [0.15, 0.2) is 5.78 Å². The van der Waals surface area contributed by atoms with Crippen LogP contribution in [0.2, 0.25) is 5.02 Å². The standard InChI is InChI=1S/C15H19ClFNO/c1-2-6-15(7-3-8-18-15)14(19)10-11-9-12(17)4-5-13(11)16/h4-5,9,18H,2-3,6-8,10H2,1H3. The van der Waals surface area contributed by atoms with Gasteiger partial charge in [0.05, 0.1) is 5.54 Å². The van der Waals surface area contributed by atoms with Gasteiger partial charge in [0.2, 0.25) is 0 Å². The van der Waals surface area contributed by atoms with Crippen LogP contribution in [0.5, 0.6) is 0 Å². The highest BCUT2D eigenvalue weighted by molar-refractivity contribution is 6.31. The van der Waals surface area contributed by atoms with Crippen molar-refractivity contribution in [2.24, 2.45) is 0 Å². The van der Waals surface area contributed by atoms with E-state index in [0.29, 0.717) is 10.6 Å². The van der Waals surface area contributed by atoms with E-state index in [1.807, 2.05) is 0 Å². The number of hydrogen-bond acceptors (Lipinski definition) is 2. The van der Waals surface area contributed by atoms with Crippen LogP contribution >= 0.6 is 11.6 Å². The first-order valence-corrected chi connectivity index (χ1v) is 7.17. The molecule has 0 bridgehead atoms.